The zero-order valence-corrected chi connectivity index (χ0v) is 11.1. The molecule has 0 bridgehead atoms. The summed E-state index contributed by atoms with van der Waals surface area (Å²) in [5.41, 5.74) is 0.973. The van der Waals surface area contributed by atoms with E-state index in [0.717, 1.165) is 5.56 Å². The first-order chi connectivity index (χ1) is 8.90. The van der Waals surface area contributed by atoms with Crippen LogP contribution >= 0.6 is 11.6 Å². The molecule has 0 aliphatic carbocycles. The van der Waals surface area contributed by atoms with Crippen LogP contribution in [-0.4, -0.2) is 20.9 Å². The Kier molecular flexibility index (Phi) is 3.40. The monoisotopic (exact) mass is 278 g/mol. The van der Waals surface area contributed by atoms with Gasteiger partial charge in [0.15, 0.2) is 0 Å². The summed E-state index contributed by atoms with van der Waals surface area (Å²) < 4.78 is 1.43. The highest BCUT2D eigenvalue weighted by molar-refractivity contribution is 6.30. The van der Waals surface area contributed by atoms with Gasteiger partial charge in [0.2, 0.25) is 11.1 Å². The third kappa shape index (κ3) is 2.51. The summed E-state index contributed by atoms with van der Waals surface area (Å²) in [6, 6.07) is 6.42. The van der Waals surface area contributed by atoms with Crippen molar-refractivity contribution < 1.29 is 9.90 Å². The molecule has 0 aliphatic heterocycles. The van der Waals surface area contributed by atoms with E-state index in [-0.39, 0.29) is 0 Å². The van der Waals surface area contributed by atoms with Gasteiger partial charge >= 0.3 is 5.97 Å². The Morgan fingerprint density at radius 2 is 2.00 bits per heavy atom. The fourth-order valence-corrected chi connectivity index (χ4v) is 2.02. The molecule has 0 saturated carbocycles. The summed E-state index contributed by atoms with van der Waals surface area (Å²) in [7, 11) is 0. The van der Waals surface area contributed by atoms with Crippen LogP contribution in [0.1, 0.15) is 21.7 Å². The topological polar surface area (TPSA) is 72.2 Å². The van der Waals surface area contributed by atoms with E-state index >= 15 is 0 Å². The van der Waals surface area contributed by atoms with Crippen LogP contribution < -0.4 is 5.43 Å². The number of aryl methyl sites for hydroxylation is 2. The van der Waals surface area contributed by atoms with Crippen LogP contribution in [0.3, 0.4) is 0 Å². The molecule has 0 saturated heterocycles. The molecule has 0 spiro atoms. The second-order valence-electron chi connectivity index (χ2n) is 4.15. The number of nitrogens with zero attached hydrogens (tertiary/aromatic N) is 2. The highest BCUT2D eigenvalue weighted by Crippen LogP contribution is 2.19. The van der Waals surface area contributed by atoms with Crippen LogP contribution in [0.15, 0.2) is 29.1 Å². The van der Waals surface area contributed by atoms with E-state index in [0.29, 0.717) is 16.4 Å². The molecule has 1 aromatic heterocycles. The molecular formula is C13H11ClN2O3. The van der Waals surface area contributed by atoms with Crippen molar-refractivity contribution in [3.05, 3.63) is 56.5 Å². The van der Waals surface area contributed by atoms with Crippen LogP contribution in [0.4, 0.5) is 0 Å². The standard InChI is InChI=1S/C13H11ClN2O3/c1-7-5-9(14)3-4-10(7)16-8(2)6-11(17)12(15-16)13(18)19/h3-6H,1-2H3,(H,18,19). The zero-order valence-electron chi connectivity index (χ0n) is 10.3. The Labute approximate surface area is 114 Å². The van der Waals surface area contributed by atoms with Crippen molar-refractivity contribution in [3.8, 4) is 5.69 Å². The van der Waals surface area contributed by atoms with Gasteiger partial charge in [-0.25, -0.2) is 9.48 Å². The van der Waals surface area contributed by atoms with Gasteiger partial charge in [-0.15, -0.1) is 0 Å². The molecule has 19 heavy (non-hydrogen) atoms. The minimum absolute atomic E-state index is 0.500. The van der Waals surface area contributed by atoms with Crippen molar-refractivity contribution in [3.63, 3.8) is 0 Å². The van der Waals surface area contributed by atoms with Gasteiger partial charge in [0.05, 0.1) is 5.69 Å². The molecule has 0 aliphatic rings. The Bertz CT molecular complexity index is 722. The van der Waals surface area contributed by atoms with Gasteiger partial charge in [-0.3, -0.25) is 4.79 Å². The van der Waals surface area contributed by atoms with Crippen molar-refractivity contribution in [1.29, 1.82) is 0 Å². The van der Waals surface area contributed by atoms with Gasteiger partial charge < -0.3 is 5.11 Å². The van der Waals surface area contributed by atoms with Gasteiger partial charge in [-0.2, -0.15) is 5.10 Å². The highest BCUT2D eigenvalue weighted by atomic mass is 35.5. The predicted octanol–water partition coefficient (Wildman–Crippen LogP) is 2.20. The minimum Gasteiger partial charge on any atom is -0.476 e. The average Bonchev–Trinajstić information content (AvgIpc) is 2.30. The lowest BCUT2D eigenvalue weighted by Crippen LogP contribution is -2.22. The summed E-state index contributed by atoms with van der Waals surface area (Å²) in [6.45, 7) is 3.52. The van der Waals surface area contributed by atoms with Crippen molar-refractivity contribution in [1.82, 2.24) is 9.78 Å². The van der Waals surface area contributed by atoms with Crippen LogP contribution in [0.5, 0.6) is 0 Å². The second kappa shape index (κ2) is 4.85. The average molecular weight is 279 g/mol. The first-order valence-electron chi connectivity index (χ1n) is 5.51. The molecule has 0 fully saturated rings. The molecule has 1 aromatic carbocycles. The van der Waals surface area contributed by atoms with Gasteiger partial charge in [-0.1, -0.05) is 11.6 Å². The Morgan fingerprint density at radius 1 is 1.32 bits per heavy atom. The molecule has 0 radical (unpaired) electrons. The molecule has 1 heterocycles. The maximum absolute atomic E-state index is 11.5. The number of halogens is 1. The lowest BCUT2D eigenvalue weighted by atomic mass is 10.2. The zero-order chi connectivity index (χ0) is 14.2. The van der Waals surface area contributed by atoms with Crippen molar-refractivity contribution in [2.75, 3.05) is 0 Å². The molecule has 98 valence electrons. The van der Waals surface area contributed by atoms with Gasteiger partial charge in [0, 0.05) is 16.8 Å². The highest BCUT2D eigenvalue weighted by Gasteiger charge is 2.14. The predicted molar refractivity (Wildman–Crippen MR) is 71.3 cm³/mol. The van der Waals surface area contributed by atoms with E-state index in [1.54, 1.807) is 25.1 Å². The maximum atomic E-state index is 11.5. The summed E-state index contributed by atoms with van der Waals surface area (Å²) >= 11 is 5.88. The van der Waals surface area contributed by atoms with Crippen LogP contribution in [0, 0.1) is 13.8 Å². The molecule has 1 N–H and O–H groups in total. The Balaban J connectivity index is 2.71. The Morgan fingerprint density at radius 3 is 2.58 bits per heavy atom. The number of aromatic carboxylic acids is 1. The molecule has 6 heteroatoms. The van der Waals surface area contributed by atoms with Crippen molar-refractivity contribution in [2.24, 2.45) is 0 Å². The lowest BCUT2D eigenvalue weighted by Gasteiger charge is -2.12. The van der Waals surface area contributed by atoms with E-state index in [2.05, 4.69) is 5.10 Å². The third-order valence-electron chi connectivity index (χ3n) is 2.70. The summed E-state index contributed by atoms with van der Waals surface area (Å²) in [5, 5.41) is 13.4. The van der Waals surface area contributed by atoms with E-state index in [9.17, 15) is 9.59 Å². The Hall–Kier alpha value is -2.14. The maximum Gasteiger partial charge on any atom is 0.360 e. The SMILES string of the molecule is Cc1cc(Cl)ccc1-n1nc(C(=O)O)c(=O)cc1C. The quantitative estimate of drug-likeness (QED) is 0.914. The summed E-state index contributed by atoms with van der Waals surface area (Å²) in [5.74, 6) is -1.34. The normalized spacial score (nSPS) is 10.5. The number of carbonyl (C=O) groups is 1. The van der Waals surface area contributed by atoms with Gasteiger partial charge in [-0.05, 0) is 37.6 Å². The first kappa shape index (κ1) is 13.3. The molecule has 0 atom stereocenters. The number of carboxylic acids is 1. The summed E-state index contributed by atoms with van der Waals surface area (Å²) in [6.07, 6.45) is 0. The van der Waals surface area contributed by atoms with E-state index in [1.807, 2.05) is 6.92 Å². The molecule has 2 rings (SSSR count). The van der Waals surface area contributed by atoms with Crippen molar-refractivity contribution in [2.45, 2.75) is 13.8 Å². The smallest absolute Gasteiger partial charge is 0.360 e. The minimum atomic E-state index is -1.34. The molecule has 0 unspecified atom stereocenters. The van der Waals surface area contributed by atoms with Gasteiger partial charge in [0.1, 0.15) is 0 Å². The second-order valence-corrected chi connectivity index (χ2v) is 4.58. The fourth-order valence-electron chi connectivity index (χ4n) is 1.80. The first-order valence-corrected chi connectivity index (χ1v) is 5.89. The van der Waals surface area contributed by atoms with E-state index in [1.165, 1.54) is 10.7 Å². The number of carboxylic acid groups (broad SMARTS) is 1. The van der Waals surface area contributed by atoms with E-state index in [4.69, 9.17) is 16.7 Å². The molecule has 5 nitrogen and oxygen atoms in total. The lowest BCUT2D eigenvalue weighted by molar-refractivity contribution is 0.0686. The number of hydrogen-bond donors (Lipinski definition) is 1. The third-order valence-corrected chi connectivity index (χ3v) is 2.93. The van der Waals surface area contributed by atoms with Crippen LogP contribution in [0.25, 0.3) is 5.69 Å². The van der Waals surface area contributed by atoms with Crippen LogP contribution in [-0.2, 0) is 0 Å². The van der Waals surface area contributed by atoms with E-state index < -0.39 is 17.1 Å². The van der Waals surface area contributed by atoms with Crippen LogP contribution in [0.2, 0.25) is 5.02 Å². The summed E-state index contributed by atoms with van der Waals surface area (Å²) in [4.78, 5) is 22.5. The fraction of sp³-hybridized carbons (Fsp3) is 0.154. The van der Waals surface area contributed by atoms with Gasteiger partial charge in [0.25, 0.3) is 0 Å². The van der Waals surface area contributed by atoms with Crippen molar-refractivity contribution >= 4 is 17.6 Å². The molecule has 0 amide bonds. The number of benzene rings is 1. The number of aromatic nitrogens is 2. The largest absolute Gasteiger partial charge is 0.476 e. The number of hydrogen-bond acceptors (Lipinski definition) is 3. The molecule has 2 aromatic rings. The molecular weight excluding hydrogens is 268 g/mol. The number of rotatable bonds is 2.